The highest BCUT2D eigenvalue weighted by Crippen LogP contribution is 2.46. The molecule has 3 rings (SSSR count). The number of carbonyl (C=O) groups is 3. The van der Waals surface area contributed by atoms with Gasteiger partial charge in [0.25, 0.3) is 0 Å². The van der Waals surface area contributed by atoms with Crippen molar-refractivity contribution in [1.29, 1.82) is 0 Å². The summed E-state index contributed by atoms with van der Waals surface area (Å²) in [7, 11) is 7.69. The molecule has 10 nitrogen and oxygen atoms in total. The number of carboxylic acids is 1. The fourth-order valence-electron chi connectivity index (χ4n) is 3.61. The minimum Gasteiger partial charge on any atom is -0.493 e. The van der Waals surface area contributed by atoms with Crippen LogP contribution in [0, 0.1) is 0 Å². The zero-order valence-corrected chi connectivity index (χ0v) is 19.0. The van der Waals surface area contributed by atoms with Gasteiger partial charge in [-0.15, -0.1) is 0 Å². The molecule has 0 atom stereocenters. The Hall–Kier alpha value is -3.79. The summed E-state index contributed by atoms with van der Waals surface area (Å²) in [5.74, 6) is -2.76. The largest absolute Gasteiger partial charge is 0.493 e. The number of methoxy groups -OCH3 is 3. The molecule has 0 radical (unpaired) electrons. The standard InChI is InChI=1S/C23H25NO9/c1-24(2)9-8-12-10-15-21(33-11-32-15)22(31-5)16(12)19(26)18(25)13-6-7-14(29-3)20(30-4)17(13)23(27)28/h6-7,10H,8-9,11H2,1-5H3,(H,27,28). The quantitative estimate of drug-likeness (QED) is 0.418. The van der Waals surface area contributed by atoms with Gasteiger partial charge >= 0.3 is 5.97 Å². The molecular formula is C23H25NO9. The number of nitrogens with zero attached hydrogens (tertiary/aromatic N) is 1. The molecule has 2 aromatic carbocycles. The molecule has 0 saturated carbocycles. The summed E-state index contributed by atoms with van der Waals surface area (Å²) < 4.78 is 26.6. The average molecular weight is 459 g/mol. The second kappa shape index (κ2) is 9.78. The van der Waals surface area contributed by atoms with Crippen LogP contribution in [0.25, 0.3) is 0 Å². The Bertz CT molecular complexity index is 1110. The Morgan fingerprint density at radius 3 is 2.24 bits per heavy atom. The van der Waals surface area contributed by atoms with Crippen LogP contribution in [0.2, 0.25) is 0 Å². The topological polar surface area (TPSA) is 121 Å². The van der Waals surface area contributed by atoms with E-state index >= 15 is 0 Å². The van der Waals surface area contributed by atoms with Crippen LogP contribution in [-0.4, -0.2) is 76.3 Å². The van der Waals surface area contributed by atoms with E-state index < -0.39 is 23.1 Å². The van der Waals surface area contributed by atoms with Crippen LogP contribution in [0.3, 0.4) is 0 Å². The lowest BCUT2D eigenvalue weighted by Gasteiger charge is -2.17. The van der Waals surface area contributed by atoms with Crippen molar-refractivity contribution in [3.8, 4) is 28.7 Å². The van der Waals surface area contributed by atoms with Gasteiger partial charge in [0.05, 0.1) is 26.9 Å². The molecule has 176 valence electrons. The van der Waals surface area contributed by atoms with Crippen molar-refractivity contribution in [2.75, 3.05) is 48.8 Å². The van der Waals surface area contributed by atoms with E-state index in [2.05, 4.69) is 0 Å². The van der Waals surface area contributed by atoms with E-state index in [9.17, 15) is 19.5 Å². The van der Waals surface area contributed by atoms with E-state index in [4.69, 9.17) is 23.7 Å². The van der Waals surface area contributed by atoms with Crippen molar-refractivity contribution in [3.63, 3.8) is 0 Å². The molecular weight excluding hydrogens is 434 g/mol. The lowest BCUT2D eigenvalue weighted by molar-refractivity contribution is 0.0686. The number of Topliss-reactive ketones (excluding diaryl/α,β-unsaturated/α-hetero) is 2. The Balaban J connectivity index is 2.18. The Labute approximate surface area is 190 Å². The van der Waals surface area contributed by atoms with Crippen LogP contribution in [0.1, 0.15) is 36.6 Å². The normalized spacial score (nSPS) is 11.9. The van der Waals surface area contributed by atoms with Gasteiger partial charge in [0.2, 0.25) is 24.1 Å². The molecule has 0 fully saturated rings. The molecule has 1 heterocycles. The van der Waals surface area contributed by atoms with Gasteiger partial charge in [-0.05, 0) is 44.3 Å². The summed E-state index contributed by atoms with van der Waals surface area (Å²) in [6, 6.07) is 4.24. The van der Waals surface area contributed by atoms with Crippen LogP contribution in [0.4, 0.5) is 0 Å². The van der Waals surface area contributed by atoms with Crippen molar-refractivity contribution >= 4 is 17.5 Å². The summed E-state index contributed by atoms with van der Waals surface area (Å²) in [6.07, 6.45) is 0.409. The first-order valence-corrected chi connectivity index (χ1v) is 9.96. The van der Waals surface area contributed by atoms with Gasteiger partial charge in [-0.1, -0.05) is 0 Å². The van der Waals surface area contributed by atoms with E-state index in [1.807, 2.05) is 19.0 Å². The number of carbonyl (C=O) groups excluding carboxylic acids is 2. The van der Waals surface area contributed by atoms with Crippen LogP contribution < -0.4 is 23.7 Å². The van der Waals surface area contributed by atoms with Gasteiger partial charge in [0.1, 0.15) is 5.56 Å². The zero-order chi connectivity index (χ0) is 24.3. The third kappa shape index (κ3) is 4.42. The van der Waals surface area contributed by atoms with E-state index in [-0.39, 0.29) is 40.9 Å². The molecule has 0 amide bonds. The molecule has 33 heavy (non-hydrogen) atoms. The number of ether oxygens (including phenoxy) is 5. The number of carboxylic acid groups (broad SMARTS) is 1. The van der Waals surface area contributed by atoms with Crippen molar-refractivity contribution in [1.82, 2.24) is 4.90 Å². The number of likely N-dealkylation sites (N-methyl/N-ethyl adjacent to an activating group) is 1. The number of fused-ring (bicyclic) bond motifs is 1. The molecule has 0 aromatic heterocycles. The average Bonchev–Trinajstić information content (AvgIpc) is 3.27. The first kappa shape index (κ1) is 23.9. The SMILES string of the molecule is COc1ccc(C(=O)C(=O)c2c(CCN(C)C)cc3c(c2OC)OCO3)c(C(=O)O)c1OC. The molecule has 0 aliphatic carbocycles. The maximum Gasteiger partial charge on any atom is 0.340 e. The van der Waals surface area contributed by atoms with Crippen LogP contribution in [-0.2, 0) is 6.42 Å². The second-order valence-corrected chi connectivity index (χ2v) is 7.42. The summed E-state index contributed by atoms with van der Waals surface area (Å²) >= 11 is 0. The molecule has 0 saturated heterocycles. The van der Waals surface area contributed by atoms with Gasteiger partial charge < -0.3 is 33.7 Å². The van der Waals surface area contributed by atoms with Crippen LogP contribution in [0.5, 0.6) is 28.7 Å². The number of benzene rings is 2. The lowest BCUT2D eigenvalue weighted by atomic mass is 9.91. The monoisotopic (exact) mass is 459 g/mol. The van der Waals surface area contributed by atoms with Crippen LogP contribution >= 0.6 is 0 Å². The maximum absolute atomic E-state index is 13.5. The molecule has 0 unspecified atom stereocenters. The summed E-state index contributed by atoms with van der Waals surface area (Å²) in [5, 5.41) is 9.76. The molecule has 0 bridgehead atoms. The number of aromatic carboxylic acids is 1. The first-order valence-electron chi connectivity index (χ1n) is 9.96. The summed E-state index contributed by atoms with van der Waals surface area (Å²) in [6.45, 7) is 0.525. The van der Waals surface area contributed by atoms with Crippen LogP contribution in [0.15, 0.2) is 18.2 Å². The smallest absolute Gasteiger partial charge is 0.340 e. The summed E-state index contributed by atoms with van der Waals surface area (Å²) in [4.78, 5) is 40.8. The fourth-order valence-corrected chi connectivity index (χ4v) is 3.61. The van der Waals surface area contributed by atoms with Gasteiger partial charge in [-0.3, -0.25) is 9.59 Å². The molecule has 1 aliphatic heterocycles. The predicted molar refractivity (Wildman–Crippen MR) is 117 cm³/mol. The summed E-state index contributed by atoms with van der Waals surface area (Å²) in [5.41, 5.74) is -0.284. The van der Waals surface area contributed by atoms with Crippen molar-refractivity contribution in [2.45, 2.75) is 6.42 Å². The van der Waals surface area contributed by atoms with E-state index in [0.717, 1.165) is 0 Å². The van der Waals surface area contributed by atoms with E-state index in [1.165, 1.54) is 33.5 Å². The Morgan fingerprint density at radius 1 is 0.970 bits per heavy atom. The molecule has 0 spiro atoms. The molecule has 1 aliphatic rings. The second-order valence-electron chi connectivity index (χ2n) is 7.42. The Kier molecular flexibility index (Phi) is 7.07. The highest BCUT2D eigenvalue weighted by molar-refractivity contribution is 6.51. The number of rotatable bonds is 10. The zero-order valence-electron chi connectivity index (χ0n) is 19.0. The maximum atomic E-state index is 13.5. The van der Waals surface area contributed by atoms with Crippen molar-refractivity contribution in [3.05, 3.63) is 40.5 Å². The minimum absolute atomic E-state index is 0.000256. The van der Waals surface area contributed by atoms with Gasteiger partial charge in [-0.25, -0.2) is 4.79 Å². The third-order valence-corrected chi connectivity index (χ3v) is 5.17. The fraction of sp³-hybridized carbons (Fsp3) is 0.348. The predicted octanol–water partition coefficient (Wildman–Crippen LogP) is 2.31. The number of ketones is 2. The third-order valence-electron chi connectivity index (χ3n) is 5.17. The minimum atomic E-state index is -1.44. The number of hydrogen-bond acceptors (Lipinski definition) is 9. The Morgan fingerprint density at radius 2 is 1.67 bits per heavy atom. The van der Waals surface area contributed by atoms with Gasteiger partial charge in [-0.2, -0.15) is 0 Å². The van der Waals surface area contributed by atoms with Gasteiger partial charge in [0.15, 0.2) is 23.0 Å². The molecule has 1 N–H and O–H groups in total. The van der Waals surface area contributed by atoms with Gasteiger partial charge in [0, 0.05) is 12.1 Å². The number of hydrogen-bond donors (Lipinski definition) is 1. The van der Waals surface area contributed by atoms with E-state index in [0.29, 0.717) is 24.3 Å². The van der Waals surface area contributed by atoms with E-state index in [1.54, 1.807) is 6.07 Å². The van der Waals surface area contributed by atoms with Crippen molar-refractivity contribution in [2.24, 2.45) is 0 Å². The lowest BCUT2D eigenvalue weighted by Crippen LogP contribution is -2.22. The molecule has 2 aromatic rings. The first-order chi connectivity index (χ1) is 15.7. The highest BCUT2D eigenvalue weighted by atomic mass is 16.7. The van der Waals surface area contributed by atoms with Crippen molar-refractivity contribution < 1.29 is 43.2 Å². The highest BCUT2D eigenvalue weighted by Gasteiger charge is 2.34. The molecule has 10 heteroatoms.